The summed E-state index contributed by atoms with van der Waals surface area (Å²) in [6.07, 6.45) is 42.0. The minimum atomic E-state index is 0.414. The molecule has 314 valence electrons. The fourth-order valence-electron chi connectivity index (χ4n) is 7.65. The number of aromatic nitrogens is 4. The molecule has 4 aromatic heterocycles. The monoisotopic (exact) mass is 775 g/mol. The third-order valence-electron chi connectivity index (χ3n) is 11.2. The van der Waals surface area contributed by atoms with Gasteiger partial charge in [-0.25, -0.2) is 19.9 Å². The molecule has 4 heterocycles. The second-order valence-electron chi connectivity index (χ2n) is 16.4. The SMILES string of the molecule is CCCCCCCCCc1coc(-c2nc(CCCCCCCCC)c(-c3oc(-c4nc(CCCCCCCCC)co4)nc3CCCCCCCCC)o2)n1. The summed E-state index contributed by atoms with van der Waals surface area (Å²) < 4.78 is 25.2. The average Bonchev–Trinajstić information content (AvgIpc) is 4.03. The lowest BCUT2D eigenvalue weighted by molar-refractivity contribution is 0.486. The topological polar surface area (TPSA) is 104 Å². The molecule has 4 aromatic rings. The predicted octanol–water partition coefficient (Wildman–Crippen LogP) is 15.8. The molecule has 0 radical (unpaired) electrons. The predicted molar refractivity (Wildman–Crippen MR) is 230 cm³/mol. The van der Waals surface area contributed by atoms with Gasteiger partial charge in [0.2, 0.25) is 0 Å². The highest BCUT2D eigenvalue weighted by Crippen LogP contribution is 2.36. The van der Waals surface area contributed by atoms with Crippen LogP contribution in [0.2, 0.25) is 0 Å². The lowest BCUT2D eigenvalue weighted by atomic mass is 10.0. The molecule has 0 spiro atoms. The van der Waals surface area contributed by atoms with Crippen molar-refractivity contribution in [1.29, 1.82) is 0 Å². The Balaban J connectivity index is 1.52. The van der Waals surface area contributed by atoms with Crippen LogP contribution in [0, 0.1) is 0 Å². The van der Waals surface area contributed by atoms with Crippen LogP contribution in [-0.4, -0.2) is 19.9 Å². The van der Waals surface area contributed by atoms with Crippen LogP contribution in [0.4, 0.5) is 0 Å². The molecule has 4 rings (SSSR count). The number of hydrogen-bond donors (Lipinski definition) is 0. The van der Waals surface area contributed by atoms with E-state index in [4.69, 9.17) is 37.6 Å². The maximum absolute atomic E-state index is 6.61. The Morgan fingerprint density at radius 3 is 0.929 bits per heavy atom. The standard InChI is InChI=1S/C48H78N4O4/c1-5-9-13-17-21-25-29-33-39-37-53-45(49-39)47-51-41(35-31-27-23-19-15-11-7-3)43(55-47)44-42(36-32-28-24-20-16-12-8-4)52-48(56-44)46-50-40(38-54-46)34-30-26-22-18-14-10-6-2/h37-38H,5-36H2,1-4H3. The first-order valence-corrected chi connectivity index (χ1v) is 23.6. The molecule has 0 bridgehead atoms. The van der Waals surface area contributed by atoms with E-state index in [0.717, 1.165) is 87.0 Å². The maximum Gasteiger partial charge on any atom is 0.284 e. The molecule has 0 aromatic carbocycles. The first-order valence-electron chi connectivity index (χ1n) is 23.6. The Bertz CT molecular complexity index is 1430. The highest BCUT2D eigenvalue weighted by molar-refractivity contribution is 5.61. The zero-order valence-corrected chi connectivity index (χ0v) is 36.2. The molecule has 0 fully saturated rings. The Labute approximate surface area is 340 Å². The van der Waals surface area contributed by atoms with Crippen LogP contribution in [0.25, 0.3) is 35.1 Å². The average molecular weight is 775 g/mol. The number of rotatable bonds is 35. The van der Waals surface area contributed by atoms with Crippen molar-refractivity contribution in [2.45, 2.75) is 233 Å². The van der Waals surface area contributed by atoms with Gasteiger partial charge in [-0.3, -0.25) is 0 Å². The number of nitrogens with zero attached hydrogens (tertiary/aromatic N) is 4. The minimum Gasteiger partial charge on any atom is -0.441 e. The summed E-state index contributed by atoms with van der Waals surface area (Å²) in [6, 6.07) is 0. The molecular weight excluding hydrogens is 697 g/mol. The van der Waals surface area contributed by atoms with Gasteiger partial charge in [0, 0.05) is 0 Å². The summed E-state index contributed by atoms with van der Waals surface area (Å²) in [5.74, 6) is 2.99. The van der Waals surface area contributed by atoms with E-state index < -0.39 is 0 Å². The van der Waals surface area contributed by atoms with E-state index in [0.29, 0.717) is 35.1 Å². The molecule has 56 heavy (non-hydrogen) atoms. The van der Waals surface area contributed by atoms with Gasteiger partial charge in [0.1, 0.15) is 12.5 Å². The second kappa shape index (κ2) is 28.3. The molecule has 8 heteroatoms. The zero-order chi connectivity index (χ0) is 39.5. The molecule has 0 amide bonds. The van der Waals surface area contributed by atoms with E-state index in [1.54, 1.807) is 12.5 Å². The summed E-state index contributed by atoms with van der Waals surface area (Å²) in [5.41, 5.74) is 3.69. The second-order valence-corrected chi connectivity index (χ2v) is 16.4. The van der Waals surface area contributed by atoms with Gasteiger partial charge in [0.15, 0.2) is 11.5 Å². The van der Waals surface area contributed by atoms with Gasteiger partial charge in [0.25, 0.3) is 23.6 Å². The van der Waals surface area contributed by atoms with Crippen molar-refractivity contribution in [3.63, 3.8) is 0 Å². The number of hydrogen-bond acceptors (Lipinski definition) is 8. The van der Waals surface area contributed by atoms with Crippen molar-refractivity contribution in [2.24, 2.45) is 0 Å². The lowest BCUT2D eigenvalue weighted by Crippen LogP contribution is -1.93. The highest BCUT2D eigenvalue weighted by atomic mass is 16.4. The van der Waals surface area contributed by atoms with Gasteiger partial charge < -0.3 is 17.7 Å². The van der Waals surface area contributed by atoms with E-state index in [9.17, 15) is 0 Å². The van der Waals surface area contributed by atoms with Crippen molar-refractivity contribution in [3.05, 3.63) is 35.3 Å². The van der Waals surface area contributed by atoms with Crippen LogP contribution in [0.15, 0.2) is 30.2 Å². The molecule has 0 unspecified atom stereocenters. The summed E-state index contributed by atoms with van der Waals surface area (Å²) in [7, 11) is 0. The lowest BCUT2D eigenvalue weighted by Gasteiger charge is -2.03. The molecule has 0 saturated heterocycles. The van der Waals surface area contributed by atoms with E-state index in [-0.39, 0.29) is 0 Å². The Morgan fingerprint density at radius 2 is 0.607 bits per heavy atom. The Kier molecular flexibility index (Phi) is 23.0. The van der Waals surface area contributed by atoms with E-state index in [1.165, 1.54) is 141 Å². The van der Waals surface area contributed by atoms with Crippen LogP contribution in [-0.2, 0) is 25.7 Å². The van der Waals surface area contributed by atoms with Crippen LogP contribution in [0.1, 0.15) is 230 Å². The van der Waals surface area contributed by atoms with Gasteiger partial charge in [-0.2, -0.15) is 0 Å². The first kappa shape index (κ1) is 45.5. The van der Waals surface area contributed by atoms with Crippen molar-refractivity contribution in [2.75, 3.05) is 0 Å². The van der Waals surface area contributed by atoms with Crippen LogP contribution >= 0.6 is 0 Å². The molecule has 0 aliphatic carbocycles. The minimum absolute atomic E-state index is 0.414. The van der Waals surface area contributed by atoms with Gasteiger partial charge >= 0.3 is 0 Å². The summed E-state index contributed by atoms with van der Waals surface area (Å²) >= 11 is 0. The van der Waals surface area contributed by atoms with E-state index >= 15 is 0 Å². The zero-order valence-electron chi connectivity index (χ0n) is 36.2. The Hall–Kier alpha value is -3.16. The van der Waals surface area contributed by atoms with E-state index in [2.05, 4.69) is 27.7 Å². The smallest absolute Gasteiger partial charge is 0.284 e. The number of unbranched alkanes of at least 4 members (excludes halogenated alkanes) is 24. The molecule has 8 nitrogen and oxygen atoms in total. The number of oxazole rings is 4. The molecule has 0 saturated carbocycles. The Morgan fingerprint density at radius 1 is 0.321 bits per heavy atom. The molecule has 0 aliphatic heterocycles. The fraction of sp³-hybridized carbons (Fsp3) is 0.750. The van der Waals surface area contributed by atoms with Gasteiger partial charge in [0.05, 0.1) is 22.8 Å². The third kappa shape index (κ3) is 16.7. The summed E-state index contributed by atoms with van der Waals surface area (Å²) in [4.78, 5) is 19.7. The fourth-order valence-corrected chi connectivity index (χ4v) is 7.65. The summed E-state index contributed by atoms with van der Waals surface area (Å²) in [6.45, 7) is 9.07. The van der Waals surface area contributed by atoms with Crippen molar-refractivity contribution < 1.29 is 17.7 Å². The van der Waals surface area contributed by atoms with Gasteiger partial charge in [-0.05, 0) is 51.4 Å². The molecule has 0 atom stereocenters. The van der Waals surface area contributed by atoms with E-state index in [1.807, 2.05) is 0 Å². The molecule has 0 N–H and O–H groups in total. The van der Waals surface area contributed by atoms with Crippen molar-refractivity contribution in [3.8, 4) is 35.1 Å². The van der Waals surface area contributed by atoms with Crippen LogP contribution in [0.5, 0.6) is 0 Å². The molecule has 0 aliphatic rings. The number of aryl methyl sites for hydroxylation is 4. The first-order chi connectivity index (χ1) is 27.7. The highest BCUT2D eigenvalue weighted by Gasteiger charge is 2.27. The molecular formula is C48H78N4O4. The largest absolute Gasteiger partial charge is 0.441 e. The maximum atomic E-state index is 6.61. The van der Waals surface area contributed by atoms with Crippen molar-refractivity contribution in [1.82, 2.24) is 19.9 Å². The van der Waals surface area contributed by atoms with Crippen LogP contribution < -0.4 is 0 Å². The third-order valence-corrected chi connectivity index (χ3v) is 11.2. The summed E-state index contributed by atoms with van der Waals surface area (Å²) in [5, 5.41) is 0. The van der Waals surface area contributed by atoms with Crippen molar-refractivity contribution >= 4 is 0 Å². The van der Waals surface area contributed by atoms with Crippen LogP contribution in [0.3, 0.4) is 0 Å². The quantitative estimate of drug-likeness (QED) is 0.0426. The normalized spacial score (nSPS) is 11.7. The van der Waals surface area contributed by atoms with Gasteiger partial charge in [-0.1, -0.05) is 182 Å². The van der Waals surface area contributed by atoms with Gasteiger partial charge in [-0.15, -0.1) is 0 Å².